The first-order chi connectivity index (χ1) is 10.2. The van der Waals surface area contributed by atoms with Crippen molar-refractivity contribution in [2.75, 3.05) is 5.32 Å². The minimum Gasteiger partial charge on any atom is -0.380 e. The summed E-state index contributed by atoms with van der Waals surface area (Å²) in [6, 6.07) is 16.6. The van der Waals surface area contributed by atoms with Gasteiger partial charge in [0.25, 0.3) is 0 Å². The molecular formula is C20H23N. The van der Waals surface area contributed by atoms with Gasteiger partial charge in [-0.25, -0.2) is 0 Å². The zero-order chi connectivity index (χ0) is 14.6. The molecule has 0 fully saturated rings. The van der Waals surface area contributed by atoms with Gasteiger partial charge in [0.2, 0.25) is 0 Å². The SMILES string of the molecule is CCC1c2ccc(C(C)C)cc2[C@H]2c3ccccc3N[C@@H]12. The first kappa shape index (κ1) is 12.9. The Hall–Kier alpha value is -1.76. The van der Waals surface area contributed by atoms with E-state index in [0.29, 0.717) is 23.8 Å². The molecule has 1 aliphatic heterocycles. The van der Waals surface area contributed by atoms with Crippen LogP contribution in [0.3, 0.4) is 0 Å². The van der Waals surface area contributed by atoms with Gasteiger partial charge in [-0.2, -0.15) is 0 Å². The van der Waals surface area contributed by atoms with Gasteiger partial charge in [0.15, 0.2) is 0 Å². The van der Waals surface area contributed by atoms with Crippen molar-refractivity contribution in [3.8, 4) is 0 Å². The summed E-state index contributed by atoms with van der Waals surface area (Å²) in [5.74, 6) is 1.78. The standard InChI is InChI=1S/C20H23N/c1-4-14-15-10-9-13(12(2)3)11-17(15)19-16-7-5-6-8-18(16)21-20(14)19/h5-12,14,19-21H,4H2,1-3H3/t14?,19-,20+/m1/s1. The number of hydrogen-bond acceptors (Lipinski definition) is 1. The largest absolute Gasteiger partial charge is 0.380 e. The van der Waals surface area contributed by atoms with Gasteiger partial charge in [-0.05, 0) is 40.7 Å². The van der Waals surface area contributed by atoms with Crippen molar-refractivity contribution in [1.29, 1.82) is 0 Å². The fourth-order valence-corrected chi connectivity index (χ4v) is 4.28. The summed E-state index contributed by atoms with van der Waals surface area (Å²) < 4.78 is 0. The molecule has 1 heteroatoms. The highest BCUT2D eigenvalue weighted by Crippen LogP contribution is 2.53. The van der Waals surface area contributed by atoms with E-state index in [9.17, 15) is 0 Å². The molecular weight excluding hydrogens is 254 g/mol. The second-order valence-electron chi connectivity index (χ2n) is 6.79. The van der Waals surface area contributed by atoms with Crippen molar-refractivity contribution >= 4 is 5.69 Å². The van der Waals surface area contributed by atoms with Crippen LogP contribution in [0.4, 0.5) is 5.69 Å². The van der Waals surface area contributed by atoms with Crippen molar-refractivity contribution in [3.05, 3.63) is 64.7 Å². The third-order valence-electron chi connectivity index (χ3n) is 5.36. The quantitative estimate of drug-likeness (QED) is 0.791. The molecule has 2 aromatic rings. The van der Waals surface area contributed by atoms with Gasteiger partial charge in [-0.3, -0.25) is 0 Å². The Bertz CT molecular complexity index is 686. The van der Waals surface area contributed by atoms with Gasteiger partial charge in [0.05, 0.1) is 0 Å². The highest BCUT2D eigenvalue weighted by atomic mass is 15.0. The van der Waals surface area contributed by atoms with Gasteiger partial charge in [-0.15, -0.1) is 0 Å². The summed E-state index contributed by atoms with van der Waals surface area (Å²) in [6.45, 7) is 6.89. The molecule has 1 aliphatic carbocycles. The molecule has 0 saturated carbocycles. The van der Waals surface area contributed by atoms with E-state index in [-0.39, 0.29) is 0 Å². The fraction of sp³-hybridized carbons (Fsp3) is 0.400. The van der Waals surface area contributed by atoms with E-state index >= 15 is 0 Å². The van der Waals surface area contributed by atoms with Crippen LogP contribution in [0.25, 0.3) is 0 Å². The zero-order valence-corrected chi connectivity index (χ0v) is 13.1. The summed E-state index contributed by atoms with van der Waals surface area (Å²) >= 11 is 0. The average Bonchev–Trinajstić information content (AvgIpc) is 3.00. The number of anilines is 1. The molecule has 1 nitrogen and oxygen atoms in total. The van der Waals surface area contributed by atoms with E-state index < -0.39 is 0 Å². The van der Waals surface area contributed by atoms with Crippen LogP contribution in [0.1, 0.15) is 67.2 Å². The van der Waals surface area contributed by atoms with E-state index in [1.165, 1.54) is 23.2 Å². The minimum absolute atomic E-state index is 0.542. The topological polar surface area (TPSA) is 12.0 Å². The van der Waals surface area contributed by atoms with Crippen LogP contribution in [-0.4, -0.2) is 6.04 Å². The van der Waals surface area contributed by atoms with E-state index in [1.807, 2.05) is 0 Å². The number of benzene rings is 2. The lowest BCUT2D eigenvalue weighted by atomic mass is 9.90. The van der Waals surface area contributed by atoms with Crippen molar-refractivity contribution in [3.63, 3.8) is 0 Å². The lowest BCUT2D eigenvalue weighted by molar-refractivity contribution is 0.572. The molecule has 2 aliphatic rings. The molecule has 21 heavy (non-hydrogen) atoms. The van der Waals surface area contributed by atoms with Crippen LogP contribution < -0.4 is 5.32 Å². The Kier molecular flexibility index (Phi) is 2.85. The van der Waals surface area contributed by atoms with Gasteiger partial charge >= 0.3 is 0 Å². The molecule has 1 N–H and O–H groups in total. The maximum atomic E-state index is 3.79. The summed E-state index contributed by atoms with van der Waals surface area (Å²) in [4.78, 5) is 0. The highest BCUT2D eigenvalue weighted by molar-refractivity contribution is 5.67. The maximum absolute atomic E-state index is 3.79. The zero-order valence-electron chi connectivity index (χ0n) is 13.1. The van der Waals surface area contributed by atoms with Crippen molar-refractivity contribution in [2.24, 2.45) is 0 Å². The van der Waals surface area contributed by atoms with E-state index in [0.717, 1.165) is 0 Å². The molecule has 0 spiro atoms. The normalized spacial score (nSPS) is 25.4. The molecule has 4 rings (SSSR count). The van der Waals surface area contributed by atoms with Gasteiger partial charge < -0.3 is 5.32 Å². The smallest absolute Gasteiger partial charge is 0.0440 e. The average molecular weight is 277 g/mol. The molecule has 108 valence electrons. The second-order valence-corrected chi connectivity index (χ2v) is 6.79. The molecule has 1 unspecified atom stereocenters. The molecule has 3 atom stereocenters. The van der Waals surface area contributed by atoms with Gasteiger partial charge in [-0.1, -0.05) is 57.2 Å². The molecule has 0 saturated heterocycles. The van der Waals surface area contributed by atoms with Crippen molar-refractivity contribution in [2.45, 2.75) is 51.0 Å². The third-order valence-corrected chi connectivity index (χ3v) is 5.36. The molecule has 0 amide bonds. The molecule has 0 bridgehead atoms. The predicted octanol–water partition coefficient (Wildman–Crippen LogP) is 5.24. The fourth-order valence-electron chi connectivity index (χ4n) is 4.28. The number of nitrogens with one attached hydrogen (secondary N) is 1. The first-order valence-electron chi connectivity index (χ1n) is 8.20. The molecule has 1 heterocycles. The minimum atomic E-state index is 0.542. The Morgan fingerprint density at radius 1 is 1.00 bits per heavy atom. The predicted molar refractivity (Wildman–Crippen MR) is 89.3 cm³/mol. The van der Waals surface area contributed by atoms with Gasteiger partial charge in [0.1, 0.15) is 0 Å². The molecule has 0 radical (unpaired) electrons. The second kappa shape index (κ2) is 4.62. The Labute approximate surface area is 127 Å². The summed E-state index contributed by atoms with van der Waals surface area (Å²) in [5, 5.41) is 3.79. The molecule has 0 aromatic heterocycles. The van der Waals surface area contributed by atoms with Crippen LogP contribution in [0.5, 0.6) is 0 Å². The van der Waals surface area contributed by atoms with Crippen LogP contribution in [0, 0.1) is 0 Å². The van der Waals surface area contributed by atoms with Crippen LogP contribution >= 0.6 is 0 Å². The lowest BCUT2D eigenvalue weighted by Gasteiger charge is -2.19. The van der Waals surface area contributed by atoms with E-state index in [1.54, 1.807) is 11.1 Å². The maximum Gasteiger partial charge on any atom is 0.0440 e. The van der Waals surface area contributed by atoms with Crippen LogP contribution in [0.2, 0.25) is 0 Å². The third kappa shape index (κ3) is 1.76. The highest BCUT2D eigenvalue weighted by Gasteiger charge is 2.45. The number of rotatable bonds is 2. The van der Waals surface area contributed by atoms with E-state index in [4.69, 9.17) is 0 Å². The summed E-state index contributed by atoms with van der Waals surface area (Å²) in [5.41, 5.74) is 7.43. The summed E-state index contributed by atoms with van der Waals surface area (Å²) in [7, 11) is 0. The van der Waals surface area contributed by atoms with Crippen molar-refractivity contribution < 1.29 is 0 Å². The van der Waals surface area contributed by atoms with E-state index in [2.05, 4.69) is 68.6 Å². The number of fused-ring (bicyclic) bond motifs is 5. The number of hydrogen-bond donors (Lipinski definition) is 1. The Morgan fingerprint density at radius 3 is 2.57 bits per heavy atom. The molecule has 2 aromatic carbocycles. The Balaban J connectivity index is 1.89. The van der Waals surface area contributed by atoms with Crippen LogP contribution in [0.15, 0.2) is 42.5 Å². The van der Waals surface area contributed by atoms with Crippen molar-refractivity contribution in [1.82, 2.24) is 0 Å². The lowest BCUT2D eigenvalue weighted by Crippen LogP contribution is -2.22. The van der Waals surface area contributed by atoms with Crippen LogP contribution in [-0.2, 0) is 0 Å². The number of para-hydroxylation sites is 1. The monoisotopic (exact) mass is 277 g/mol. The summed E-state index contributed by atoms with van der Waals surface area (Å²) in [6.07, 6.45) is 1.20. The van der Waals surface area contributed by atoms with Gasteiger partial charge in [0, 0.05) is 23.6 Å². The Morgan fingerprint density at radius 2 is 1.81 bits per heavy atom. The first-order valence-corrected chi connectivity index (χ1v) is 8.20.